The van der Waals surface area contributed by atoms with Crippen LogP contribution in [0.1, 0.15) is 23.6 Å². The van der Waals surface area contributed by atoms with E-state index in [2.05, 4.69) is 10.6 Å². The molecule has 0 spiro atoms. The highest BCUT2D eigenvalue weighted by atomic mass is 16.5. The number of carbonyl (C=O) groups is 2. The Bertz CT molecular complexity index is 1250. The zero-order valence-corrected chi connectivity index (χ0v) is 20.2. The molecule has 0 heterocycles. The first-order chi connectivity index (χ1) is 17.3. The highest BCUT2D eigenvalue weighted by Crippen LogP contribution is 2.40. The van der Waals surface area contributed by atoms with E-state index in [1.165, 1.54) is 33.3 Å². The van der Waals surface area contributed by atoms with Crippen LogP contribution in [-0.2, 0) is 26.5 Å². The number of nitrogens with one attached hydrogen (secondary N) is 2. The molecular weight excluding hydrogens is 462 g/mol. The number of ether oxygens (including phenoxy) is 3. The number of hydrogen-bond donors (Lipinski definition) is 3. The summed E-state index contributed by atoms with van der Waals surface area (Å²) >= 11 is 0. The third-order valence-corrected chi connectivity index (χ3v) is 5.47. The number of carbonyl (C=O) groups excluding carboxylic acids is 1. The van der Waals surface area contributed by atoms with Crippen LogP contribution in [0.15, 0.2) is 66.7 Å². The van der Waals surface area contributed by atoms with E-state index in [-0.39, 0.29) is 24.5 Å². The van der Waals surface area contributed by atoms with E-state index in [4.69, 9.17) is 19.5 Å². The lowest BCUT2D eigenvalue weighted by Crippen LogP contribution is -2.41. The SMILES string of the molecule is COCC(=O)Nc1cc(OCc2ccccc2)c(OC)cc1C(C)(Nc1ccc(C#N)cc1)C(=O)O. The van der Waals surface area contributed by atoms with Crippen molar-refractivity contribution in [2.75, 3.05) is 31.5 Å². The molecule has 36 heavy (non-hydrogen) atoms. The number of carboxylic acids is 1. The summed E-state index contributed by atoms with van der Waals surface area (Å²) in [4.78, 5) is 25.0. The van der Waals surface area contributed by atoms with Crippen molar-refractivity contribution < 1.29 is 28.9 Å². The normalized spacial score (nSPS) is 12.1. The number of nitriles is 1. The van der Waals surface area contributed by atoms with Gasteiger partial charge in [-0.2, -0.15) is 5.26 Å². The summed E-state index contributed by atoms with van der Waals surface area (Å²) in [6.45, 7) is 1.49. The van der Waals surface area contributed by atoms with Crippen LogP contribution in [-0.4, -0.2) is 37.8 Å². The van der Waals surface area contributed by atoms with Crippen molar-refractivity contribution in [3.63, 3.8) is 0 Å². The van der Waals surface area contributed by atoms with Gasteiger partial charge in [-0.3, -0.25) is 4.79 Å². The third kappa shape index (κ3) is 6.11. The van der Waals surface area contributed by atoms with E-state index in [1.54, 1.807) is 24.3 Å². The van der Waals surface area contributed by atoms with Crippen molar-refractivity contribution in [1.82, 2.24) is 0 Å². The lowest BCUT2D eigenvalue weighted by atomic mass is 9.89. The van der Waals surface area contributed by atoms with Gasteiger partial charge >= 0.3 is 5.97 Å². The van der Waals surface area contributed by atoms with Crippen LogP contribution in [0.3, 0.4) is 0 Å². The molecular formula is C27H27N3O6. The molecule has 0 saturated carbocycles. The van der Waals surface area contributed by atoms with Crippen molar-refractivity contribution in [3.8, 4) is 17.6 Å². The zero-order chi connectivity index (χ0) is 26.1. The summed E-state index contributed by atoms with van der Waals surface area (Å²) < 4.78 is 16.4. The highest BCUT2D eigenvalue weighted by molar-refractivity contribution is 5.96. The van der Waals surface area contributed by atoms with Gasteiger partial charge in [-0.1, -0.05) is 30.3 Å². The van der Waals surface area contributed by atoms with E-state index >= 15 is 0 Å². The molecule has 186 valence electrons. The summed E-state index contributed by atoms with van der Waals surface area (Å²) in [5.74, 6) is -1.05. The Balaban J connectivity index is 2.07. The van der Waals surface area contributed by atoms with Gasteiger partial charge in [-0.25, -0.2) is 4.79 Å². The molecule has 3 N–H and O–H groups in total. The largest absolute Gasteiger partial charge is 0.493 e. The van der Waals surface area contributed by atoms with Crippen LogP contribution >= 0.6 is 0 Å². The predicted molar refractivity (Wildman–Crippen MR) is 134 cm³/mol. The summed E-state index contributed by atoms with van der Waals surface area (Å²) in [6, 6.07) is 20.9. The molecule has 9 nitrogen and oxygen atoms in total. The number of hydrogen-bond acceptors (Lipinski definition) is 7. The average molecular weight is 490 g/mol. The fraction of sp³-hybridized carbons (Fsp3) is 0.222. The molecule has 1 unspecified atom stereocenters. The van der Waals surface area contributed by atoms with Crippen molar-refractivity contribution in [1.29, 1.82) is 5.26 Å². The van der Waals surface area contributed by atoms with Gasteiger partial charge in [0, 0.05) is 24.4 Å². The van der Waals surface area contributed by atoms with E-state index < -0.39 is 17.4 Å². The molecule has 1 amide bonds. The van der Waals surface area contributed by atoms with E-state index in [0.29, 0.717) is 22.7 Å². The highest BCUT2D eigenvalue weighted by Gasteiger charge is 2.39. The fourth-order valence-corrected chi connectivity index (χ4v) is 3.55. The van der Waals surface area contributed by atoms with E-state index in [0.717, 1.165) is 5.56 Å². The number of amides is 1. The van der Waals surface area contributed by atoms with Crippen molar-refractivity contribution >= 4 is 23.3 Å². The molecule has 0 aliphatic carbocycles. The summed E-state index contributed by atoms with van der Waals surface area (Å²) in [6.07, 6.45) is 0. The number of nitrogens with zero attached hydrogens (tertiary/aromatic N) is 1. The molecule has 0 fully saturated rings. The first-order valence-corrected chi connectivity index (χ1v) is 11.0. The maximum Gasteiger partial charge on any atom is 0.333 e. The molecule has 9 heteroatoms. The van der Waals surface area contributed by atoms with Gasteiger partial charge in [0.05, 0.1) is 24.4 Å². The summed E-state index contributed by atoms with van der Waals surface area (Å²) in [7, 11) is 2.83. The number of methoxy groups -OCH3 is 2. The standard InChI is InChI=1S/C27H27N3O6/c1-27(26(32)33,30-20-11-9-18(15-28)10-12-20)21-13-23(35-3)24(14-22(21)29-25(31)17-34-2)36-16-19-7-5-4-6-8-19/h4-14,30H,16-17H2,1-3H3,(H,29,31)(H,32,33). The predicted octanol–water partition coefficient (Wildman–Crippen LogP) is 4.14. The molecule has 0 radical (unpaired) electrons. The Morgan fingerprint density at radius 1 is 1.03 bits per heavy atom. The van der Waals surface area contributed by atoms with E-state index in [1.807, 2.05) is 36.4 Å². The van der Waals surface area contributed by atoms with Gasteiger partial charge in [-0.15, -0.1) is 0 Å². The van der Waals surface area contributed by atoms with Crippen molar-refractivity contribution in [3.05, 3.63) is 83.4 Å². The zero-order valence-electron chi connectivity index (χ0n) is 20.2. The third-order valence-electron chi connectivity index (χ3n) is 5.47. The number of anilines is 2. The lowest BCUT2D eigenvalue weighted by Gasteiger charge is -2.31. The van der Waals surface area contributed by atoms with E-state index in [9.17, 15) is 14.7 Å². The molecule has 3 rings (SSSR count). The molecule has 3 aromatic carbocycles. The van der Waals surface area contributed by atoms with Crippen molar-refractivity contribution in [2.24, 2.45) is 0 Å². The quantitative estimate of drug-likeness (QED) is 0.366. The molecule has 0 saturated heterocycles. The van der Waals surface area contributed by atoms with Crippen LogP contribution < -0.4 is 20.1 Å². The lowest BCUT2D eigenvalue weighted by molar-refractivity contribution is -0.142. The van der Waals surface area contributed by atoms with Crippen LogP contribution in [0.2, 0.25) is 0 Å². The van der Waals surface area contributed by atoms with Crippen LogP contribution in [0.4, 0.5) is 11.4 Å². The second-order valence-electron chi connectivity index (χ2n) is 8.05. The van der Waals surface area contributed by atoms with Crippen LogP contribution in [0, 0.1) is 11.3 Å². The smallest absolute Gasteiger partial charge is 0.333 e. The van der Waals surface area contributed by atoms with Crippen LogP contribution in [0.25, 0.3) is 0 Å². The van der Waals surface area contributed by atoms with Gasteiger partial charge in [0.1, 0.15) is 13.2 Å². The second kappa shape index (κ2) is 11.7. The van der Waals surface area contributed by atoms with Gasteiger partial charge in [-0.05, 0) is 42.8 Å². The van der Waals surface area contributed by atoms with Crippen molar-refractivity contribution in [2.45, 2.75) is 19.1 Å². The Morgan fingerprint density at radius 2 is 1.72 bits per heavy atom. The number of aliphatic carboxylic acids is 1. The Labute approximate surface area is 209 Å². The Morgan fingerprint density at radius 3 is 2.31 bits per heavy atom. The number of benzene rings is 3. The molecule has 1 atom stereocenters. The van der Waals surface area contributed by atoms with Gasteiger partial charge < -0.3 is 30.0 Å². The fourth-order valence-electron chi connectivity index (χ4n) is 3.55. The van der Waals surface area contributed by atoms with Gasteiger partial charge in [0.2, 0.25) is 5.91 Å². The number of carboxylic acid groups (broad SMARTS) is 1. The maximum atomic E-state index is 12.6. The Kier molecular flexibility index (Phi) is 8.49. The topological polar surface area (TPSA) is 130 Å². The molecule has 0 aliphatic heterocycles. The molecule has 3 aromatic rings. The monoisotopic (exact) mass is 489 g/mol. The van der Waals surface area contributed by atoms with Crippen LogP contribution in [0.5, 0.6) is 11.5 Å². The minimum atomic E-state index is -1.70. The Hall–Kier alpha value is -4.55. The summed E-state index contributed by atoms with van der Waals surface area (Å²) in [5.41, 5.74) is 0.573. The number of rotatable bonds is 11. The first-order valence-electron chi connectivity index (χ1n) is 11.0. The summed E-state index contributed by atoms with van der Waals surface area (Å²) in [5, 5.41) is 25.1. The molecule has 0 bridgehead atoms. The van der Waals surface area contributed by atoms with Gasteiger partial charge in [0.15, 0.2) is 17.0 Å². The minimum Gasteiger partial charge on any atom is -0.493 e. The first kappa shape index (κ1) is 26.1. The molecule has 0 aliphatic rings. The minimum absolute atomic E-state index is 0.215. The second-order valence-corrected chi connectivity index (χ2v) is 8.05. The molecule has 0 aromatic heterocycles. The van der Waals surface area contributed by atoms with Gasteiger partial charge in [0.25, 0.3) is 0 Å². The maximum absolute atomic E-state index is 12.6. The average Bonchev–Trinajstić information content (AvgIpc) is 2.88.